The number of ether oxygens (including phenoxy) is 2. The molecule has 5 nitrogen and oxygen atoms in total. The second-order valence-corrected chi connectivity index (χ2v) is 4.69. The fourth-order valence-electron chi connectivity index (χ4n) is 2.09. The highest BCUT2D eigenvalue weighted by Crippen LogP contribution is 2.23. The van der Waals surface area contributed by atoms with Crippen LogP contribution < -0.4 is 20.1 Å². The summed E-state index contributed by atoms with van der Waals surface area (Å²) in [5.74, 6) is 1.41. The third-order valence-corrected chi connectivity index (χ3v) is 3.36. The average Bonchev–Trinajstić information content (AvgIpc) is 2.59. The highest BCUT2D eigenvalue weighted by molar-refractivity contribution is 5.85. The molecular formula is C17H20N2O3. The maximum absolute atomic E-state index is 12.2. The van der Waals surface area contributed by atoms with Crippen molar-refractivity contribution in [1.29, 1.82) is 0 Å². The van der Waals surface area contributed by atoms with Crippen molar-refractivity contribution >= 4 is 11.6 Å². The maximum atomic E-state index is 12.2. The Morgan fingerprint density at radius 1 is 0.909 bits per heavy atom. The number of hydrogen-bond acceptors (Lipinski definition) is 4. The summed E-state index contributed by atoms with van der Waals surface area (Å²) in [5.41, 5.74) is 1.70. The number of methoxy groups -OCH3 is 2. The molecule has 2 rings (SSSR count). The zero-order valence-electron chi connectivity index (χ0n) is 12.9. The Balaban J connectivity index is 2.22. The van der Waals surface area contributed by atoms with Gasteiger partial charge in [-0.2, -0.15) is 0 Å². The van der Waals surface area contributed by atoms with Crippen molar-refractivity contribution in [3.05, 3.63) is 54.1 Å². The van der Waals surface area contributed by atoms with Gasteiger partial charge < -0.3 is 20.1 Å². The van der Waals surface area contributed by atoms with Gasteiger partial charge in [0, 0.05) is 12.7 Å². The zero-order chi connectivity index (χ0) is 15.9. The van der Waals surface area contributed by atoms with Gasteiger partial charge in [-0.15, -0.1) is 0 Å². The summed E-state index contributed by atoms with van der Waals surface area (Å²) in [6, 6.07) is 14.4. The molecule has 0 aliphatic rings. The molecule has 0 aromatic heterocycles. The number of hydrogen-bond donors (Lipinski definition) is 2. The topological polar surface area (TPSA) is 59.6 Å². The Kier molecular flexibility index (Phi) is 5.25. The van der Waals surface area contributed by atoms with E-state index in [9.17, 15) is 4.79 Å². The van der Waals surface area contributed by atoms with Gasteiger partial charge in [0.1, 0.15) is 17.5 Å². The van der Waals surface area contributed by atoms with E-state index in [1.54, 1.807) is 21.3 Å². The first-order chi connectivity index (χ1) is 10.7. The first-order valence-electron chi connectivity index (χ1n) is 6.94. The van der Waals surface area contributed by atoms with Gasteiger partial charge in [0.25, 0.3) is 0 Å². The predicted molar refractivity (Wildman–Crippen MR) is 86.4 cm³/mol. The van der Waals surface area contributed by atoms with Crippen LogP contribution in [0.15, 0.2) is 48.5 Å². The van der Waals surface area contributed by atoms with Gasteiger partial charge in [-0.25, -0.2) is 0 Å². The summed E-state index contributed by atoms with van der Waals surface area (Å²) >= 11 is 0. The lowest BCUT2D eigenvalue weighted by atomic mass is 10.1. The number of rotatable bonds is 6. The van der Waals surface area contributed by atoms with Gasteiger partial charge >= 0.3 is 0 Å². The molecule has 2 N–H and O–H groups in total. The Hall–Kier alpha value is -2.69. The second-order valence-electron chi connectivity index (χ2n) is 4.69. The molecule has 0 bridgehead atoms. The number of benzene rings is 2. The molecular weight excluding hydrogens is 280 g/mol. The summed E-state index contributed by atoms with van der Waals surface area (Å²) < 4.78 is 10.3. The molecule has 0 saturated carbocycles. The van der Waals surface area contributed by atoms with E-state index in [2.05, 4.69) is 10.6 Å². The summed E-state index contributed by atoms with van der Waals surface area (Å²) in [6.07, 6.45) is 0. The molecule has 2 aromatic carbocycles. The van der Waals surface area contributed by atoms with Crippen molar-refractivity contribution in [3.63, 3.8) is 0 Å². The SMILES string of the molecule is CNC(=O)C(Nc1ccc(OC)cc1)c1ccc(OC)cc1. The fraction of sp³-hybridized carbons (Fsp3) is 0.235. The van der Waals surface area contributed by atoms with Crippen molar-refractivity contribution in [3.8, 4) is 11.5 Å². The quantitative estimate of drug-likeness (QED) is 0.861. The van der Waals surface area contributed by atoms with Crippen LogP contribution in [0.5, 0.6) is 11.5 Å². The van der Waals surface area contributed by atoms with Gasteiger partial charge in [0.05, 0.1) is 14.2 Å². The third-order valence-electron chi connectivity index (χ3n) is 3.36. The van der Waals surface area contributed by atoms with Crippen LogP contribution in [0.3, 0.4) is 0 Å². The second kappa shape index (κ2) is 7.36. The van der Waals surface area contributed by atoms with E-state index in [1.807, 2.05) is 48.5 Å². The Bertz CT molecular complexity index is 609. The van der Waals surface area contributed by atoms with Crippen molar-refractivity contribution in [2.24, 2.45) is 0 Å². The molecule has 5 heteroatoms. The molecule has 0 heterocycles. The van der Waals surface area contributed by atoms with E-state index < -0.39 is 6.04 Å². The number of carbonyl (C=O) groups excluding carboxylic acids is 1. The third kappa shape index (κ3) is 3.69. The number of nitrogens with one attached hydrogen (secondary N) is 2. The first kappa shape index (κ1) is 15.7. The van der Waals surface area contributed by atoms with E-state index in [4.69, 9.17) is 9.47 Å². The highest BCUT2D eigenvalue weighted by Gasteiger charge is 2.19. The summed E-state index contributed by atoms with van der Waals surface area (Å²) in [5, 5.41) is 5.90. The predicted octanol–water partition coefficient (Wildman–Crippen LogP) is 2.60. The first-order valence-corrected chi connectivity index (χ1v) is 6.94. The van der Waals surface area contributed by atoms with Crippen molar-refractivity contribution in [2.75, 3.05) is 26.6 Å². The molecule has 1 amide bonds. The minimum Gasteiger partial charge on any atom is -0.497 e. The fourth-order valence-corrected chi connectivity index (χ4v) is 2.09. The molecule has 22 heavy (non-hydrogen) atoms. The Labute approximate surface area is 130 Å². The van der Waals surface area contributed by atoms with Crippen LogP contribution in [0, 0.1) is 0 Å². The summed E-state index contributed by atoms with van der Waals surface area (Å²) in [6.45, 7) is 0. The van der Waals surface area contributed by atoms with E-state index >= 15 is 0 Å². The van der Waals surface area contributed by atoms with Crippen LogP contribution in [-0.4, -0.2) is 27.2 Å². The van der Waals surface area contributed by atoms with Crippen LogP contribution in [0.4, 0.5) is 5.69 Å². The number of anilines is 1. The molecule has 2 aromatic rings. The van der Waals surface area contributed by atoms with Crippen molar-refractivity contribution < 1.29 is 14.3 Å². The smallest absolute Gasteiger partial charge is 0.246 e. The molecule has 1 atom stereocenters. The zero-order valence-corrected chi connectivity index (χ0v) is 12.9. The number of carbonyl (C=O) groups is 1. The van der Waals surface area contributed by atoms with Crippen LogP contribution in [-0.2, 0) is 4.79 Å². The van der Waals surface area contributed by atoms with E-state index in [0.29, 0.717) is 0 Å². The summed E-state index contributed by atoms with van der Waals surface area (Å²) in [4.78, 5) is 12.2. The summed E-state index contributed by atoms with van der Waals surface area (Å²) in [7, 11) is 4.85. The highest BCUT2D eigenvalue weighted by atomic mass is 16.5. The average molecular weight is 300 g/mol. The molecule has 1 unspecified atom stereocenters. The van der Waals surface area contributed by atoms with Gasteiger partial charge in [0.15, 0.2) is 0 Å². The monoisotopic (exact) mass is 300 g/mol. The van der Waals surface area contributed by atoms with Crippen LogP contribution in [0.2, 0.25) is 0 Å². The largest absolute Gasteiger partial charge is 0.497 e. The molecule has 0 saturated heterocycles. The van der Waals surface area contributed by atoms with Crippen LogP contribution >= 0.6 is 0 Å². The molecule has 0 spiro atoms. The lowest BCUT2D eigenvalue weighted by molar-refractivity contribution is -0.121. The van der Waals surface area contributed by atoms with E-state index in [1.165, 1.54) is 0 Å². The normalized spacial score (nSPS) is 11.4. The van der Waals surface area contributed by atoms with E-state index in [-0.39, 0.29) is 5.91 Å². The van der Waals surface area contributed by atoms with Crippen LogP contribution in [0.25, 0.3) is 0 Å². The Morgan fingerprint density at radius 3 is 1.86 bits per heavy atom. The molecule has 0 radical (unpaired) electrons. The standard InChI is InChI=1S/C17H20N2O3/c1-18-17(20)16(12-4-8-14(21-2)9-5-12)19-13-6-10-15(22-3)11-7-13/h4-11,16,19H,1-3H3,(H,18,20). The van der Waals surface area contributed by atoms with Gasteiger partial charge in [-0.3, -0.25) is 4.79 Å². The molecule has 0 aliphatic heterocycles. The van der Waals surface area contributed by atoms with Gasteiger partial charge in [0.2, 0.25) is 5.91 Å². The number of amides is 1. The molecule has 0 aliphatic carbocycles. The van der Waals surface area contributed by atoms with Crippen LogP contribution in [0.1, 0.15) is 11.6 Å². The molecule has 116 valence electrons. The number of likely N-dealkylation sites (N-methyl/N-ethyl adjacent to an activating group) is 1. The lowest BCUT2D eigenvalue weighted by Crippen LogP contribution is -2.30. The maximum Gasteiger partial charge on any atom is 0.246 e. The van der Waals surface area contributed by atoms with E-state index in [0.717, 1.165) is 22.7 Å². The molecule has 0 fully saturated rings. The van der Waals surface area contributed by atoms with Crippen molar-refractivity contribution in [1.82, 2.24) is 5.32 Å². The Morgan fingerprint density at radius 2 is 1.41 bits per heavy atom. The minimum atomic E-state index is -0.482. The lowest BCUT2D eigenvalue weighted by Gasteiger charge is -2.19. The minimum absolute atomic E-state index is 0.110. The van der Waals surface area contributed by atoms with Crippen molar-refractivity contribution in [2.45, 2.75) is 6.04 Å². The van der Waals surface area contributed by atoms with Gasteiger partial charge in [-0.05, 0) is 42.0 Å². The van der Waals surface area contributed by atoms with Gasteiger partial charge in [-0.1, -0.05) is 12.1 Å².